The Morgan fingerprint density at radius 3 is 3.00 bits per heavy atom. The van der Waals surface area contributed by atoms with Gasteiger partial charge in [-0.1, -0.05) is 18.3 Å². The van der Waals surface area contributed by atoms with E-state index in [1.54, 1.807) is 18.6 Å². The lowest BCUT2D eigenvalue weighted by Gasteiger charge is -2.09. The Morgan fingerprint density at radius 1 is 1.44 bits per heavy atom. The number of nitrogens with two attached hydrogens (primary N) is 1. The second kappa shape index (κ2) is 5.88. The minimum Gasteiger partial charge on any atom is -0.487 e. The number of nitrogens with zero attached hydrogens (tertiary/aromatic N) is 2. The Hall–Kier alpha value is -1.53. The van der Waals surface area contributed by atoms with Crippen LogP contribution in [0.2, 0.25) is 0 Å². The van der Waals surface area contributed by atoms with Crippen molar-refractivity contribution >= 4 is 33.1 Å². The van der Waals surface area contributed by atoms with E-state index < -0.39 is 0 Å². The SMILES string of the molecule is NC(=S)c1ncccc1COc1cncc(Br)c1. The van der Waals surface area contributed by atoms with Crippen molar-refractivity contribution in [1.82, 2.24) is 9.97 Å². The van der Waals surface area contributed by atoms with Crippen molar-refractivity contribution in [2.24, 2.45) is 5.73 Å². The van der Waals surface area contributed by atoms with Crippen LogP contribution in [-0.2, 0) is 6.61 Å². The first-order valence-corrected chi connectivity index (χ1v) is 6.34. The number of hydrogen-bond acceptors (Lipinski definition) is 4. The summed E-state index contributed by atoms with van der Waals surface area (Å²) < 4.78 is 6.48. The normalized spacial score (nSPS) is 10.1. The maximum absolute atomic E-state index is 5.62. The summed E-state index contributed by atoms with van der Waals surface area (Å²) in [7, 11) is 0. The van der Waals surface area contributed by atoms with Crippen LogP contribution in [0.1, 0.15) is 11.3 Å². The van der Waals surface area contributed by atoms with Gasteiger partial charge in [0.1, 0.15) is 23.0 Å². The number of hydrogen-bond donors (Lipinski definition) is 1. The molecular formula is C12H10BrN3OS. The van der Waals surface area contributed by atoms with Gasteiger partial charge in [-0.25, -0.2) is 0 Å². The zero-order chi connectivity index (χ0) is 13.0. The molecule has 2 heterocycles. The quantitative estimate of drug-likeness (QED) is 0.876. The minimum absolute atomic E-state index is 0.265. The van der Waals surface area contributed by atoms with Crippen molar-refractivity contribution in [3.8, 4) is 5.75 Å². The predicted octanol–water partition coefficient (Wildman–Crippen LogP) is 2.45. The smallest absolute Gasteiger partial charge is 0.139 e. The Morgan fingerprint density at radius 2 is 2.28 bits per heavy atom. The van der Waals surface area contributed by atoms with Gasteiger partial charge in [0.2, 0.25) is 0 Å². The van der Waals surface area contributed by atoms with Crippen molar-refractivity contribution in [2.75, 3.05) is 0 Å². The second-order valence-electron chi connectivity index (χ2n) is 3.50. The van der Waals surface area contributed by atoms with Crippen LogP contribution in [0.3, 0.4) is 0 Å². The van der Waals surface area contributed by atoms with Crippen molar-refractivity contribution in [1.29, 1.82) is 0 Å². The third kappa shape index (κ3) is 3.24. The summed E-state index contributed by atoms with van der Waals surface area (Å²) in [5.41, 5.74) is 7.05. The number of halogens is 1. The fourth-order valence-corrected chi connectivity index (χ4v) is 1.94. The summed E-state index contributed by atoms with van der Waals surface area (Å²) in [5.74, 6) is 0.669. The third-order valence-corrected chi connectivity index (χ3v) is 2.83. The maximum atomic E-state index is 5.62. The second-order valence-corrected chi connectivity index (χ2v) is 4.86. The highest BCUT2D eigenvalue weighted by Crippen LogP contribution is 2.17. The summed E-state index contributed by atoms with van der Waals surface area (Å²) in [4.78, 5) is 8.42. The predicted molar refractivity (Wildman–Crippen MR) is 76.4 cm³/mol. The van der Waals surface area contributed by atoms with E-state index in [0.29, 0.717) is 18.1 Å². The van der Waals surface area contributed by atoms with Gasteiger partial charge in [-0.05, 0) is 28.1 Å². The lowest BCUT2D eigenvalue weighted by molar-refractivity contribution is 0.304. The van der Waals surface area contributed by atoms with Crippen LogP contribution in [0.4, 0.5) is 0 Å². The highest BCUT2D eigenvalue weighted by atomic mass is 79.9. The molecule has 0 spiro atoms. The van der Waals surface area contributed by atoms with Crippen molar-refractivity contribution in [3.63, 3.8) is 0 Å². The van der Waals surface area contributed by atoms with Crippen LogP contribution in [0.25, 0.3) is 0 Å². The van der Waals surface area contributed by atoms with Crippen LogP contribution < -0.4 is 10.5 Å². The summed E-state index contributed by atoms with van der Waals surface area (Å²) in [6.45, 7) is 0.346. The highest BCUT2D eigenvalue weighted by Gasteiger charge is 2.06. The minimum atomic E-state index is 0.265. The standard InChI is InChI=1S/C12H10BrN3OS/c13-9-4-10(6-15-5-9)17-7-8-2-1-3-16-11(8)12(14)18/h1-6H,7H2,(H2,14,18). The fraction of sp³-hybridized carbons (Fsp3) is 0.0833. The first kappa shape index (κ1) is 12.9. The molecule has 6 heteroatoms. The summed E-state index contributed by atoms with van der Waals surface area (Å²) in [6, 6.07) is 5.54. The van der Waals surface area contributed by atoms with E-state index in [1.165, 1.54) is 0 Å². The average Bonchev–Trinajstić information content (AvgIpc) is 2.37. The molecule has 0 aliphatic carbocycles. The molecule has 2 aromatic rings. The van der Waals surface area contributed by atoms with Crippen LogP contribution in [0.5, 0.6) is 5.75 Å². The number of pyridine rings is 2. The molecule has 18 heavy (non-hydrogen) atoms. The van der Waals surface area contributed by atoms with Gasteiger partial charge in [0.25, 0.3) is 0 Å². The van der Waals surface area contributed by atoms with Gasteiger partial charge in [-0.15, -0.1) is 0 Å². The Labute approximate surface area is 118 Å². The molecule has 0 aliphatic heterocycles. The molecule has 0 saturated carbocycles. The van der Waals surface area contributed by atoms with Gasteiger partial charge in [-0.2, -0.15) is 0 Å². The van der Waals surface area contributed by atoms with Crippen molar-refractivity contribution in [3.05, 3.63) is 52.5 Å². The molecule has 0 aliphatic rings. The Balaban J connectivity index is 2.13. The van der Waals surface area contributed by atoms with E-state index >= 15 is 0 Å². The molecule has 0 radical (unpaired) electrons. The molecule has 2 N–H and O–H groups in total. The third-order valence-electron chi connectivity index (χ3n) is 2.20. The van der Waals surface area contributed by atoms with Gasteiger partial charge in [0.15, 0.2) is 0 Å². The molecule has 92 valence electrons. The van der Waals surface area contributed by atoms with Crippen LogP contribution in [0, 0.1) is 0 Å². The number of thiocarbonyl (C=S) groups is 1. The molecule has 2 aromatic heterocycles. The first-order chi connectivity index (χ1) is 8.66. The molecule has 0 amide bonds. The molecule has 2 rings (SSSR count). The highest BCUT2D eigenvalue weighted by molar-refractivity contribution is 9.10. The topological polar surface area (TPSA) is 61.0 Å². The number of aromatic nitrogens is 2. The van der Waals surface area contributed by atoms with Crippen LogP contribution in [0.15, 0.2) is 41.3 Å². The molecule has 0 unspecified atom stereocenters. The van der Waals surface area contributed by atoms with Crippen molar-refractivity contribution < 1.29 is 4.74 Å². The van der Waals surface area contributed by atoms with E-state index in [9.17, 15) is 0 Å². The lowest BCUT2D eigenvalue weighted by atomic mass is 10.2. The molecule has 0 saturated heterocycles. The largest absolute Gasteiger partial charge is 0.487 e. The van der Waals surface area contributed by atoms with E-state index in [-0.39, 0.29) is 4.99 Å². The molecule has 0 bridgehead atoms. The maximum Gasteiger partial charge on any atom is 0.139 e. The lowest BCUT2D eigenvalue weighted by Crippen LogP contribution is -2.15. The number of rotatable bonds is 4. The molecule has 4 nitrogen and oxygen atoms in total. The molecule has 0 aromatic carbocycles. The van der Waals surface area contributed by atoms with Crippen LogP contribution in [-0.4, -0.2) is 15.0 Å². The fourth-order valence-electron chi connectivity index (χ4n) is 1.41. The van der Waals surface area contributed by atoms with Gasteiger partial charge in [0, 0.05) is 22.4 Å². The van der Waals surface area contributed by atoms with E-state index in [2.05, 4.69) is 25.9 Å². The molecule has 0 fully saturated rings. The number of ether oxygens (including phenoxy) is 1. The Kier molecular flexibility index (Phi) is 4.22. The summed E-state index contributed by atoms with van der Waals surface area (Å²) in [5, 5.41) is 0. The Bertz CT molecular complexity index is 577. The monoisotopic (exact) mass is 323 g/mol. The van der Waals surface area contributed by atoms with Gasteiger partial charge in [0.05, 0.1) is 6.20 Å². The summed E-state index contributed by atoms with van der Waals surface area (Å²) >= 11 is 8.27. The molecular weight excluding hydrogens is 314 g/mol. The van der Waals surface area contributed by atoms with Gasteiger partial charge in [-0.3, -0.25) is 9.97 Å². The van der Waals surface area contributed by atoms with Crippen molar-refractivity contribution in [2.45, 2.75) is 6.61 Å². The van der Waals surface area contributed by atoms with Gasteiger partial charge < -0.3 is 10.5 Å². The average molecular weight is 324 g/mol. The summed E-state index contributed by atoms with van der Waals surface area (Å²) in [6.07, 6.45) is 4.98. The first-order valence-electron chi connectivity index (χ1n) is 5.14. The zero-order valence-corrected chi connectivity index (χ0v) is 11.7. The van der Waals surface area contributed by atoms with E-state index in [1.807, 2.05) is 18.2 Å². The molecule has 0 atom stereocenters. The van der Waals surface area contributed by atoms with E-state index in [0.717, 1.165) is 10.0 Å². The van der Waals surface area contributed by atoms with Gasteiger partial charge >= 0.3 is 0 Å². The van der Waals surface area contributed by atoms with Crippen LogP contribution >= 0.6 is 28.1 Å². The zero-order valence-electron chi connectivity index (χ0n) is 9.34. The van der Waals surface area contributed by atoms with E-state index in [4.69, 9.17) is 22.7 Å².